The van der Waals surface area contributed by atoms with Crippen LogP contribution >= 0.6 is 0 Å². The molecule has 1 aromatic carbocycles. The summed E-state index contributed by atoms with van der Waals surface area (Å²) in [5.74, 6) is -0.227. The second-order valence-corrected chi connectivity index (χ2v) is 7.60. The van der Waals surface area contributed by atoms with Crippen molar-refractivity contribution in [3.63, 3.8) is 0 Å². The molecule has 0 spiro atoms. The van der Waals surface area contributed by atoms with Gasteiger partial charge in [-0.3, -0.25) is 9.48 Å². The molecule has 0 radical (unpaired) electrons. The van der Waals surface area contributed by atoms with Crippen LogP contribution in [0.3, 0.4) is 0 Å². The van der Waals surface area contributed by atoms with E-state index in [0.29, 0.717) is 23.5 Å². The second-order valence-electron chi connectivity index (χ2n) is 7.60. The summed E-state index contributed by atoms with van der Waals surface area (Å²) in [6.07, 6.45) is 6.39. The van der Waals surface area contributed by atoms with Crippen LogP contribution in [0.15, 0.2) is 48.9 Å². The number of ether oxygens (including phenoxy) is 1. The highest BCUT2D eigenvalue weighted by Gasteiger charge is 2.19. The van der Waals surface area contributed by atoms with Crippen molar-refractivity contribution in [2.45, 2.75) is 19.4 Å². The van der Waals surface area contributed by atoms with Gasteiger partial charge < -0.3 is 20.8 Å². The quantitative estimate of drug-likeness (QED) is 0.452. The fourth-order valence-electron chi connectivity index (χ4n) is 3.67. The molecule has 30 heavy (non-hydrogen) atoms. The predicted molar refractivity (Wildman–Crippen MR) is 115 cm³/mol. The minimum Gasteiger partial charge on any atom is -0.399 e. The number of aryl methyl sites for hydroxylation is 1. The van der Waals surface area contributed by atoms with Crippen molar-refractivity contribution in [1.29, 1.82) is 0 Å². The van der Waals surface area contributed by atoms with Gasteiger partial charge in [-0.05, 0) is 43.2 Å². The van der Waals surface area contributed by atoms with Crippen LogP contribution in [0.1, 0.15) is 28.4 Å². The molecule has 3 aromatic heterocycles. The number of pyridine rings is 1. The normalized spacial score (nSPS) is 16.2. The van der Waals surface area contributed by atoms with Gasteiger partial charge in [-0.1, -0.05) is 6.07 Å². The number of nitrogens with zero attached hydrogens (tertiary/aromatic N) is 3. The maximum Gasteiger partial charge on any atom is 0.257 e. The Bertz CT molecular complexity index is 1240. The van der Waals surface area contributed by atoms with Crippen molar-refractivity contribution < 1.29 is 9.53 Å². The highest BCUT2D eigenvalue weighted by atomic mass is 16.5. The summed E-state index contributed by atoms with van der Waals surface area (Å²) in [4.78, 5) is 20.5. The fraction of sp³-hybridized carbons (Fsp3) is 0.227. The van der Waals surface area contributed by atoms with Crippen molar-refractivity contribution in [2.24, 2.45) is 0 Å². The summed E-state index contributed by atoms with van der Waals surface area (Å²) >= 11 is 0. The lowest BCUT2D eigenvalue weighted by Gasteiger charge is -2.09. The van der Waals surface area contributed by atoms with E-state index in [4.69, 9.17) is 10.5 Å². The van der Waals surface area contributed by atoms with Gasteiger partial charge in [-0.15, -0.1) is 0 Å². The first-order valence-electron chi connectivity index (χ1n) is 9.85. The second kappa shape index (κ2) is 7.31. The Morgan fingerprint density at radius 2 is 2.20 bits per heavy atom. The largest absolute Gasteiger partial charge is 0.399 e. The van der Waals surface area contributed by atoms with E-state index in [1.54, 1.807) is 12.3 Å². The number of anilines is 2. The maximum absolute atomic E-state index is 12.7. The van der Waals surface area contributed by atoms with E-state index in [0.717, 1.165) is 40.9 Å². The Labute approximate surface area is 173 Å². The predicted octanol–water partition coefficient (Wildman–Crippen LogP) is 3.53. The van der Waals surface area contributed by atoms with Crippen molar-refractivity contribution in [1.82, 2.24) is 19.7 Å². The Hall–Kier alpha value is -3.65. The zero-order chi connectivity index (χ0) is 20.7. The topological polar surface area (TPSA) is 111 Å². The number of fused-ring (bicyclic) bond motifs is 1. The number of H-pyrrole nitrogens is 1. The monoisotopic (exact) mass is 402 g/mol. The molecule has 1 aliphatic rings. The Kier molecular flexibility index (Phi) is 4.48. The van der Waals surface area contributed by atoms with E-state index in [1.165, 1.54) is 0 Å². The van der Waals surface area contributed by atoms with Crippen LogP contribution in [0, 0.1) is 6.92 Å². The number of rotatable bonds is 4. The molecule has 5 rings (SSSR count). The molecule has 1 amide bonds. The number of carbonyl (C=O) groups is 1. The zero-order valence-electron chi connectivity index (χ0n) is 16.6. The van der Waals surface area contributed by atoms with Crippen LogP contribution in [0.5, 0.6) is 0 Å². The molecule has 4 heterocycles. The Morgan fingerprint density at radius 3 is 3.03 bits per heavy atom. The summed E-state index contributed by atoms with van der Waals surface area (Å²) in [6.45, 7) is 3.39. The minimum absolute atomic E-state index is 0.227. The molecule has 4 aromatic rings. The third kappa shape index (κ3) is 3.42. The number of amides is 1. The van der Waals surface area contributed by atoms with Crippen LogP contribution in [0.4, 0.5) is 11.4 Å². The standard InChI is InChI=1S/C22H22N6O2/c1-13-2-3-17(23)8-19(13)27-22(29)15-6-14-7-20(26-21(14)24-9-15)16-10-25-28(11-16)18-4-5-30-12-18/h2-3,6-11,18H,4-5,12,23H2,1H3,(H,24,26)(H,27,29). The van der Waals surface area contributed by atoms with Crippen molar-refractivity contribution in [3.8, 4) is 11.3 Å². The third-order valence-corrected chi connectivity index (χ3v) is 5.43. The first-order chi connectivity index (χ1) is 14.6. The molecule has 1 atom stereocenters. The number of benzene rings is 1. The van der Waals surface area contributed by atoms with Gasteiger partial charge in [0.25, 0.3) is 5.91 Å². The number of aromatic amines is 1. The molecule has 8 nitrogen and oxygen atoms in total. The van der Waals surface area contributed by atoms with Crippen LogP contribution in [0.2, 0.25) is 0 Å². The highest BCUT2D eigenvalue weighted by Crippen LogP contribution is 2.26. The van der Waals surface area contributed by atoms with Gasteiger partial charge in [0.2, 0.25) is 0 Å². The van der Waals surface area contributed by atoms with Gasteiger partial charge in [0.15, 0.2) is 0 Å². The van der Waals surface area contributed by atoms with Gasteiger partial charge in [-0.25, -0.2) is 4.98 Å². The molecule has 1 saturated heterocycles. The zero-order valence-corrected chi connectivity index (χ0v) is 16.6. The Morgan fingerprint density at radius 1 is 1.30 bits per heavy atom. The molecule has 8 heteroatoms. The van der Waals surface area contributed by atoms with Gasteiger partial charge in [0.05, 0.1) is 30.1 Å². The minimum atomic E-state index is -0.227. The third-order valence-electron chi connectivity index (χ3n) is 5.43. The molecular weight excluding hydrogens is 380 g/mol. The van der Waals surface area contributed by atoms with Crippen LogP contribution in [-0.2, 0) is 4.74 Å². The maximum atomic E-state index is 12.7. The van der Waals surface area contributed by atoms with E-state index < -0.39 is 0 Å². The first kappa shape index (κ1) is 18.4. The molecule has 0 aliphatic carbocycles. The van der Waals surface area contributed by atoms with Crippen LogP contribution in [0.25, 0.3) is 22.3 Å². The number of aromatic nitrogens is 4. The average Bonchev–Trinajstić information content (AvgIpc) is 3.49. The van der Waals surface area contributed by atoms with Gasteiger partial charge in [0.1, 0.15) is 5.65 Å². The van der Waals surface area contributed by atoms with Gasteiger partial charge in [0, 0.05) is 41.3 Å². The number of hydrogen-bond acceptors (Lipinski definition) is 5. The van der Waals surface area contributed by atoms with Crippen LogP contribution < -0.4 is 11.1 Å². The molecule has 4 N–H and O–H groups in total. The van der Waals surface area contributed by atoms with Gasteiger partial charge >= 0.3 is 0 Å². The molecule has 152 valence electrons. The van der Waals surface area contributed by atoms with Crippen molar-refractivity contribution >= 4 is 28.3 Å². The molecule has 1 fully saturated rings. The van der Waals surface area contributed by atoms with E-state index in [1.807, 2.05) is 48.3 Å². The molecular formula is C22H22N6O2. The molecule has 1 aliphatic heterocycles. The van der Waals surface area contributed by atoms with E-state index >= 15 is 0 Å². The molecule has 1 unspecified atom stereocenters. The average molecular weight is 402 g/mol. The number of carbonyl (C=O) groups excluding carboxylic acids is 1. The summed E-state index contributed by atoms with van der Waals surface area (Å²) in [6, 6.07) is 9.53. The fourth-order valence-corrected chi connectivity index (χ4v) is 3.67. The van der Waals surface area contributed by atoms with Crippen molar-refractivity contribution in [3.05, 3.63) is 60.0 Å². The lowest BCUT2D eigenvalue weighted by atomic mass is 10.1. The Balaban J connectivity index is 1.40. The van der Waals surface area contributed by atoms with E-state index in [9.17, 15) is 4.79 Å². The number of hydrogen-bond donors (Lipinski definition) is 3. The SMILES string of the molecule is Cc1ccc(N)cc1NC(=O)c1cnc2[nH]c(-c3cnn(C4CCOC4)c3)cc2c1. The summed E-state index contributed by atoms with van der Waals surface area (Å²) in [7, 11) is 0. The lowest BCUT2D eigenvalue weighted by molar-refractivity contribution is 0.102. The first-order valence-corrected chi connectivity index (χ1v) is 9.85. The molecule has 0 bridgehead atoms. The smallest absolute Gasteiger partial charge is 0.257 e. The van der Waals surface area contributed by atoms with Gasteiger partial charge in [-0.2, -0.15) is 5.10 Å². The van der Waals surface area contributed by atoms with E-state index in [2.05, 4.69) is 20.4 Å². The summed E-state index contributed by atoms with van der Waals surface area (Å²) < 4.78 is 7.40. The number of nitrogen functional groups attached to an aromatic ring is 1. The number of nitrogens with two attached hydrogens (primary N) is 1. The summed E-state index contributed by atoms with van der Waals surface area (Å²) in [5, 5.41) is 8.25. The van der Waals surface area contributed by atoms with E-state index in [-0.39, 0.29) is 11.9 Å². The summed E-state index contributed by atoms with van der Waals surface area (Å²) in [5.41, 5.74) is 11.2. The molecule has 0 saturated carbocycles. The number of nitrogens with one attached hydrogen (secondary N) is 2. The highest BCUT2D eigenvalue weighted by molar-refractivity contribution is 6.06. The van der Waals surface area contributed by atoms with Crippen molar-refractivity contribution in [2.75, 3.05) is 24.3 Å². The van der Waals surface area contributed by atoms with Crippen LogP contribution in [-0.4, -0.2) is 38.9 Å². The lowest BCUT2D eigenvalue weighted by Crippen LogP contribution is -2.13.